The Hall–Kier alpha value is -2.69. The molecule has 0 bridgehead atoms. The van der Waals surface area contributed by atoms with Crippen molar-refractivity contribution in [1.29, 1.82) is 0 Å². The lowest BCUT2D eigenvalue weighted by Crippen LogP contribution is -2.50. The Kier molecular flexibility index (Phi) is 21.5. The zero-order chi connectivity index (χ0) is 27.2. The van der Waals surface area contributed by atoms with Crippen molar-refractivity contribution in [3.63, 3.8) is 0 Å². The molecule has 0 radical (unpaired) electrons. The number of carbonyl (C=O) groups is 6. The Morgan fingerprint density at radius 1 is 1.11 bits per heavy atom. The number of amides is 5. The molecule has 0 aromatic carbocycles. The third kappa shape index (κ3) is 18.3. The van der Waals surface area contributed by atoms with Crippen LogP contribution in [0.3, 0.4) is 0 Å². The van der Waals surface area contributed by atoms with Gasteiger partial charge in [-0.15, -0.1) is 0 Å². The number of hydrogen-bond donors (Lipinski definition) is 4. The van der Waals surface area contributed by atoms with Crippen LogP contribution in [0, 0.1) is 5.92 Å². The van der Waals surface area contributed by atoms with Crippen LogP contribution >= 0.6 is 9.24 Å². The van der Waals surface area contributed by atoms with E-state index in [-0.39, 0.29) is 61.9 Å². The molecule has 5 amide bonds. The third-order valence-corrected chi connectivity index (χ3v) is 4.36. The van der Waals surface area contributed by atoms with Crippen molar-refractivity contribution >= 4 is 44.8 Å². The van der Waals surface area contributed by atoms with Crippen molar-refractivity contribution in [2.45, 2.75) is 39.7 Å². The maximum atomic E-state index is 12.0. The van der Waals surface area contributed by atoms with Crippen LogP contribution < -0.4 is 21.3 Å². The van der Waals surface area contributed by atoms with Crippen LogP contribution in [0.5, 0.6) is 0 Å². The Balaban J connectivity index is 0. The Morgan fingerprint density at radius 2 is 1.69 bits per heavy atom. The lowest BCUT2D eigenvalue weighted by atomic mass is 10.0. The molecule has 0 aliphatic carbocycles. The number of ether oxygens (including phenoxy) is 1. The summed E-state index contributed by atoms with van der Waals surface area (Å²) in [6.07, 6.45) is 4.27. The van der Waals surface area contributed by atoms with E-state index >= 15 is 0 Å². The highest BCUT2D eigenvalue weighted by atomic mass is 31.0. The normalized spacial score (nSPS) is 12.7. The van der Waals surface area contributed by atoms with Crippen LogP contribution in [-0.4, -0.2) is 93.4 Å². The van der Waals surface area contributed by atoms with Crippen molar-refractivity contribution in [3.05, 3.63) is 12.2 Å². The number of nitrogens with zero attached hydrogens (tertiary/aromatic N) is 1. The van der Waals surface area contributed by atoms with E-state index in [0.29, 0.717) is 6.41 Å². The van der Waals surface area contributed by atoms with E-state index in [2.05, 4.69) is 28.2 Å². The first-order chi connectivity index (χ1) is 16.5. The quantitative estimate of drug-likeness (QED) is 0.0982. The SMILES string of the molecule is CC(C)C(NC(=O)CCOCCN1C(=O)C=CC1=O)C(=O)NCC(=O)P.CCCNC.CNC=O. The fraction of sp³-hybridized carbons (Fsp3) is 0.636. The highest BCUT2D eigenvalue weighted by Crippen LogP contribution is 2.04. The summed E-state index contributed by atoms with van der Waals surface area (Å²) in [4.78, 5) is 67.7. The molecule has 0 aromatic heterocycles. The van der Waals surface area contributed by atoms with Gasteiger partial charge in [0.1, 0.15) is 6.04 Å². The van der Waals surface area contributed by atoms with E-state index in [0.717, 1.165) is 11.4 Å². The Bertz CT molecular complexity index is 696. The minimum Gasteiger partial charge on any atom is -0.379 e. The van der Waals surface area contributed by atoms with Gasteiger partial charge >= 0.3 is 0 Å². The average molecular weight is 518 g/mol. The number of rotatable bonds is 14. The first-order valence-electron chi connectivity index (χ1n) is 11.3. The molecule has 0 saturated heterocycles. The molecule has 0 saturated carbocycles. The molecular formula is C22H40N5O7P. The van der Waals surface area contributed by atoms with Crippen LogP contribution in [0.1, 0.15) is 33.6 Å². The summed E-state index contributed by atoms with van der Waals surface area (Å²) in [5.41, 5.74) is -0.259. The minimum absolute atomic E-state index is 0.0270. The molecule has 0 fully saturated rings. The van der Waals surface area contributed by atoms with Gasteiger partial charge in [-0.05, 0) is 25.9 Å². The molecular weight excluding hydrogens is 477 g/mol. The molecule has 0 aromatic rings. The van der Waals surface area contributed by atoms with Gasteiger partial charge in [0.15, 0.2) is 5.52 Å². The van der Waals surface area contributed by atoms with Crippen molar-refractivity contribution < 1.29 is 33.5 Å². The van der Waals surface area contributed by atoms with Gasteiger partial charge in [-0.3, -0.25) is 33.7 Å². The van der Waals surface area contributed by atoms with Gasteiger partial charge in [0.05, 0.1) is 26.3 Å². The van der Waals surface area contributed by atoms with Crippen LogP contribution in [0.2, 0.25) is 0 Å². The summed E-state index contributed by atoms with van der Waals surface area (Å²) in [6.45, 7) is 7.06. The van der Waals surface area contributed by atoms with Crippen LogP contribution in [0.15, 0.2) is 12.2 Å². The topological polar surface area (TPSA) is 163 Å². The van der Waals surface area contributed by atoms with Crippen molar-refractivity contribution in [1.82, 2.24) is 26.2 Å². The van der Waals surface area contributed by atoms with E-state index in [9.17, 15) is 24.0 Å². The van der Waals surface area contributed by atoms with E-state index in [4.69, 9.17) is 9.53 Å². The van der Waals surface area contributed by atoms with E-state index in [1.165, 1.54) is 18.6 Å². The summed E-state index contributed by atoms with van der Waals surface area (Å²) in [6, 6.07) is -0.752. The van der Waals surface area contributed by atoms with Gasteiger partial charge in [0.2, 0.25) is 18.2 Å². The number of hydrogen-bond acceptors (Lipinski definition) is 8. The monoisotopic (exact) mass is 517 g/mol. The third-order valence-electron chi connectivity index (χ3n) is 4.15. The van der Waals surface area contributed by atoms with Gasteiger partial charge in [-0.1, -0.05) is 30.0 Å². The second kappa shape index (κ2) is 21.8. The predicted molar refractivity (Wildman–Crippen MR) is 135 cm³/mol. The fourth-order valence-corrected chi connectivity index (χ4v) is 2.49. The first-order valence-corrected chi connectivity index (χ1v) is 11.8. The highest BCUT2D eigenvalue weighted by Gasteiger charge is 2.24. The molecule has 12 nitrogen and oxygen atoms in total. The summed E-state index contributed by atoms with van der Waals surface area (Å²) >= 11 is 0. The lowest BCUT2D eigenvalue weighted by Gasteiger charge is -2.21. The number of nitrogens with one attached hydrogen (secondary N) is 4. The molecule has 1 heterocycles. The van der Waals surface area contributed by atoms with Gasteiger partial charge in [0.25, 0.3) is 11.8 Å². The van der Waals surface area contributed by atoms with Gasteiger partial charge < -0.3 is 26.0 Å². The highest BCUT2D eigenvalue weighted by molar-refractivity contribution is 7.40. The summed E-state index contributed by atoms with van der Waals surface area (Å²) in [5.74, 6) is -1.72. The van der Waals surface area contributed by atoms with Gasteiger partial charge in [0, 0.05) is 25.6 Å². The maximum absolute atomic E-state index is 12.0. The number of imide groups is 1. The molecule has 2 unspecified atom stereocenters. The van der Waals surface area contributed by atoms with Crippen molar-refractivity contribution in [2.24, 2.45) is 5.92 Å². The Morgan fingerprint density at radius 3 is 2.09 bits per heavy atom. The first kappa shape index (κ1) is 34.5. The Labute approximate surface area is 209 Å². The molecule has 0 spiro atoms. The van der Waals surface area contributed by atoms with Gasteiger partial charge in [-0.2, -0.15) is 0 Å². The average Bonchev–Trinajstić information content (AvgIpc) is 3.13. The van der Waals surface area contributed by atoms with Gasteiger partial charge in [-0.25, -0.2) is 0 Å². The molecule has 4 N–H and O–H groups in total. The molecule has 1 rings (SSSR count). The van der Waals surface area contributed by atoms with E-state index in [1.807, 2.05) is 16.3 Å². The van der Waals surface area contributed by atoms with Crippen LogP contribution in [-0.2, 0) is 33.5 Å². The minimum atomic E-state index is -0.752. The largest absolute Gasteiger partial charge is 0.379 e. The van der Waals surface area contributed by atoms with Crippen molar-refractivity contribution in [2.75, 3.05) is 46.9 Å². The summed E-state index contributed by atoms with van der Waals surface area (Å²) in [7, 11) is 5.49. The molecule has 2 atom stereocenters. The molecule has 13 heteroatoms. The molecule has 1 aliphatic rings. The molecule has 1 aliphatic heterocycles. The molecule has 200 valence electrons. The number of carbonyl (C=O) groups excluding carboxylic acids is 6. The second-order valence-electron chi connectivity index (χ2n) is 7.51. The lowest BCUT2D eigenvalue weighted by molar-refractivity contribution is -0.138. The second-order valence-corrected chi connectivity index (χ2v) is 8.15. The zero-order valence-corrected chi connectivity index (χ0v) is 22.4. The van der Waals surface area contributed by atoms with Crippen molar-refractivity contribution in [3.8, 4) is 0 Å². The van der Waals surface area contributed by atoms with Crippen LogP contribution in [0.25, 0.3) is 0 Å². The summed E-state index contributed by atoms with van der Waals surface area (Å²) in [5, 5.41) is 10.3. The summed E-state index contributed by atoms with van der Waals surface area (Å²) < 4.78 is 5.26. The molecule has 35 heavy (non-hydrogen) atoms. The van der Waals surface area contributed by atoms with E-state index in [1.54, 1.807) is 20.9 Å². The fourth-order valence-electron chi connectivity index (χ4n) is 2.39. The predicted octanol–water partition coefficient (Wildman–Crippen LogP) is -1.05. The zero-order valence-electron chi connectivity index (χ0n) is 21.2. The smallest absolute Gasteiger partial charge is 0.253 e. The van der Waals surface area contributed by atoms with Crippen LogP contribution in [0.4, 0.5) is 0 Å². The maximum Gasteiger partial charge on any atom is 0.253 e. The standard InChI is InChI=1S/C16H24N3O6P.C4H11N.C2H5NO/c1-10(2)15(16(24)17-9-14(23)26)18-11(20)5-7-25-8-6-19-12(21)3-4-13(19)22;1-3-4-5-2;1-3-2-4/h3-4,10,15H,5-9,26H2,1-2H3,(H,17,24)(H,18,20);5H,3-4H2,1-2H3;2H,1H3,(H,3,4). The van der Waals surface area contributed by atoms with E-state index < -0.39 is 11.9 Å².